The Morgan fingerprint density at radius 3 is 2.58 bits per heavy atom. The third kappa shape index (κ3) is 4.60. The monoisotopic (exact) mass is 352 g/mol. The lowest BCUT2D eigenvalue weighted by molar-refractivity contribution is 0.0941. The molecule has 0 atom stereocenters. The number of nitrogens with one attached hydrogen (secondary N) is 1. The summed E-state index contributed by atoms with van der Waals surface area (Å²) in [6, 6.07) is 17.2. The normalized spacial score (nSPS) is 10.3. The van der Waals surface area contributed by atoms with Crippen LogP contribution in [-0.4, -0.2) is 41.2 Å². The lowest BCUT2D eigenvalue weighted by Crippen LogP contribution is -2.28. The van der Waals surface area contributed by atoms with Gasteiger partial charge in [-0.3, -0.25) is 4.79 Å². The number of benzene rings is 2. The number of carbonyl (C=O) groups is 1. The Kier molecular flexibility index (Phi) is 5.82. The standard InChI is InChI=1S/C19H20N4O3/c1-25-17-9-5-6-10-18(17)26-12-11-20-19(24)16-14-23(22-21-16)13-15-7-3-2-4-8-15/h2-10,14H,11-13H2,1H3,(H,20,24). The Morgan fingerprint density at radius 1 is 1.08 bits per heavy atom. The van der Waals surface area contributed by atoms with E-state index in [1.807, 2.05) is 54.6 Å². The minimum Gasteiger partial charge on any atom is -0.493 e. The average molecular weight is 352 g/mol. The van der Waals surface area contributed by atoms with Crippen molar-refractivity contribution in [1.82, 2.24) is 20.3 Å². The highest BCUT2D eigenvalue weighted by Gasteiger charge is 2.10. The van der Waals surface area contributed by atoms with Crippen LogP contribution in [0.2, 0.25) is 0 Å². The van der Waals surface area contributed by atoms with Crippen molar-refractivity contribution in [2.75, 3.05) is 20.3 Å². The van der Waals surface area contributed by atoms with E-state index in [2.05, 4.69) is 15.6 Å². The Balaban J connectivity index is 1.46. The van der Waals surface area contributed by atoms with Crippen LogP contribution in [0.15, 0.2) is 60.8 Å². The van der Waals surface area contributed by atoms with Gasteiger partial charge in [-0.1, -0.05) is 47.7 Å². The van der Waals surface area contributed by atoms with Crippen molar-refractivity contribution in [1.29, 1.82) is 0 Å². The number of rotatable bonds is 8. The molecule has 1 heterocycles. The summed E-state index contributed by atoms with van der Waals surface area (Å²) in [6.07, 6.45) is 1.63. The van der Waals surface area contributed by atoms with Gasteiger partial charge >= 0.3 is 0 Å². The van der Waals surface area contributed by atoms with Crippen molar-refractivity contribution in [2.24, 2.45) is 0 Å². The van der Waals surface area contributed by atoms with Gasteiger partial charge in [0.1, 0.15) is 6.61 Å². The smallest absolute Gasteiger partial charge is 0.273 e. The van der Waals surface area contributed by atoms with Crippen LogP contribution < -0.4 is 14.8 Å². The molecule has 0 aliphatic rings. The first kappa shape index (κ1) is 17.5. The number of carbonyl (C=O) groups excluding carboxylic acids is 1. The molecule has 26 heavy (non-hydrogen) atoms. The van der Waals surface area contributed by atoms with Gasteiger partial charge in [-0.25, -0.2) is 4.68 Å². The fourth-order valence-corrected chi connectivity index (χ4v) is 2.40. The zero-order chi connectivity index (χ0) is 18.2. The molecule has 0 aliphatic carbocycles. The number of para-hydroxylation sites is 2. The summed E-state index contributed by atoms with van der Waals surface area (Å²) < 4.78 is 12.5. The highest BCUT2D eigenvalue weighted by molar-refractivity contribution is 5.91. The Morgan fingerprint density at radius 2 is 1.81 bits per heavy atom. The number of ether oxygens (including phenoxy) is 2. The minimum absolute atomic E-state index is 0.276. The van der Waals surface area contributed by atoms with Crippen LogP contribution >= 0.6 is 0 Å². The van der Waals surface area contributed by atoms with Crippen LogP contribution in [0.5, 0.6) is 11.5 Å². The fraction of sp³-hybridized carbons (Fsp3) is 0.211. The lowest BCUT2D eigenvalue weighted by atomic mass is 10.2. The lowest BCUT2D eigenvalue weighted by Gasteiger charge is -2.10. The Labute approximate surface area is 151 Å². The van der Waals surface area contributed by atoms with Crippen LogP contribution in [0, 0.1) is 0 Å². The molecule has 0 fully saturated rings. The van der Waals surface area contributed by atoms with Gasteiger partial charge in [-0.05, 0) is 17.7 Å². The summed E-state index contributed by atoms with van der Waals surface area (Å²) in [5.41, 5.74) is 1.37. The number of methoxy groups -OCH3 is 1. The average Bonchev–Trinajstić information content (AvgIpc) is 3.15. The molecule has 134 valence electrons. The first-order chi connectivity index (χ1) is 12.8. The molecule has 0 bridgehead atoms. The summed E-state index contributed by atoms with van der Waals surface area (Å²) in [7, 11) is 1.59. The summed E-state index contributed by atoms with van der Waals surface area (Å²) in [5.74, 6) is 1.01. The van der Waals surface area contributed by atoms with Crippen molar-refractivity contribution < 1.29 is 14.3 Å². The van der Waals surface area contributed by atoms with E-state index in [9.17, 15) is 4.79 Å². The molecule has 3 rings (SSSR count). The first-order valence-electron chi connectivity index (χ1n) is 8.24. The largest absolute Gasteiger partial charge is 0.493 e. The molecule has 2 aromatic carbocycles. The van der Waals surface area contributed by atoms with Gasteiger partial charge in [0.25, 0.3) is 5.91 Å². The van der Waals surface area contributed by atoms with Crippen molar-refractivity contribution >= 4 is 5.91 Å². The molecule has 1 N–H and O–H groups in total. The number of nitrogens with zero attached hydrogens (tertiary/aromatic N) is 3. The van der Waals surface area contributed by atoms with Gasteiger partial charge in [0.15, 0.2) is 17.2 Å². The third-order valence-electron chi connectivity index (χ3n) is 3.67. The molecule has 7 heteroatoms. The van der Waals surface area contributed by atoms with Gasteiger partial charge in [0.2, 0.25) is 0 Å². The molecule has 0 saturated carbocycles. The van der Waals surface area contributed by atoms with Crippen LogP contribution in [0.25, 0.3) is 0 Å². The zero-order valence-corrected chi connectivity index (χ0v) is 14.5. The quantitative estimate of drug-likeness (QED) is 0.629. The van der Waals surface area contributed by atoms with Crippen LogP contribution in [0.1, 0.15) is 16.1 Å². The van der Waals surface area contributed by atoms with Crippen LogP contribution in [-0.2, 0) is 6.54 Å². The molecule has 0 radical (unpaired) electrons. The minimum atomic E-state index is -0.284. The maximum absolute atomic E-state index is 12.1. The van der Waals surface area contributed by atoms with E-state index >= 15 is 0 Å². The van der Waals surface area contributed by atoms with Crippen LogP contribution in [0.3, 0.4) is 0 Å². The predicted molar refractivity (Wildman–Crippen MR) is 96.4 cm³/mol. The van der Waals surface area contributed by atoms with Crippen molar-refractivity contribution in [3.05, 3.63) is 72.1 Å². The molecule has 0 unspecified atom stereocenters. The second-order valence-corrected chi connectivity index (χ2v) is 5.54. The molecule has 0 saturated heterocycles. The summed E-state index contributed by atoms with van der Waals surface area (Å²) in [5, 5.41) is 10.7. The first-order valence-corrected chi connectivity index (χ1v) is 8.24. The van der Waals surface area contributed by atoms with Crippen LogP contribution in [0.4, 0.5) is 0 Å². The van der Waals surface area contributed by atoms with Gasteiger partial charge in [0, 0.05) is 0 Å². The van der Waals surface area contributed by atoms with Gasteiger partial charge < -0.3 is 14.8 Å². The van der Waals surface area contributed by atoms with E-state index in [-0.39, 0.29) is 11.6 Å². The van der Waals surface area contributed by atoms with Gasteiger partial charge in [-0.15, -0.1) is 5.10 Å². The predicted octanol–water partition coefficient (Wildman–Crippen LogP) is 2.14. The van der Waals surface area contributed by atoms with E-state index in [4.69, 9.17) is 9.47 Å². The molecule has 0 spiro atoms. The van der Waals surface area contributed by atoms with Crippen molar-refractivity contribution in [3.63, 3.8) is 0 Å². The van der Waals surface area contributed by atoms with Crippen molar-refractivity contribution in [2.45, 2.75) is 6.54 Å². The molecular formula is C19H20N4O3. The molecule has 1 amide bonds. The third-order valence-corrected chi connectivity index (χ3v) is 3.67. The second kappa shape index (κ2) is 8.66. The number of hydrogen-bond acceptors (Lipinski definition) is 5. The van der Waals surface area contributed by atoms with Gasteiger partial charge in [0.05, 0.1) is 26.4 Å². The topological polar surface area (TPSA) is 78.3 Å². The number of amides is 1. The highest BCUT2D eigenvalue weighted by Crippen LogP contribution is 2.25. The second-order valence-electron chi connectivity index (χ2n) is 5.54. The highest BCUT2D eigenvalue weighted by atomic mass is 16.5. The zero-order valence-electron chi connectivity index (χ0n) is 14.5. The number of aromatic nitrogens is 3. The van der Waals surface area contributed by atoms with E-state index in [1.165, 1.54) is 0 Å². The summed E-state index contributed by atoms with van der Waals surface area (Å²) >= 11 is 0. The van der Waals surface area contributed by atoms with E-state index in [0.29, 0.717) is 31.2 Å². The maximum atomic E-state index is 12.1. The fourth-order valence-electron chi connectivity index (χ4n) is 2.40. The van der Waals surface area contributed by atoms with E-state index in [0.717, 1.165) is 5.56 Å². The van der Waals surface area contributed by atoms with Gasteiger partial charge in [-0.2, -0.15) is 0 Å². The summed E-state index contributed by atoms with van der Waals surface area (Å²) in [6.45, 7) is 1.24. The number of hydrogen-bond donors (Lipinski definition) is 1. The van der Waals surface area contributed by atoms with E-state index in [1.54, 1.807) is 18.0 Å². The Bertz CT molecular complexity index is 849. The summed E-state index contributed by atoms with van der Waals surface area (Å²) in [4.78, 5) is 12.1. The molecule has 0 aliphatic heterocycles. The molecular weight excluding hydrogens is 332 g/mol. The molecule has 1 aromatic heterocycles. The molecule has 3 aromatic rings. The molecule has 7 nitrogen and oxygen atoms in total. The van der Waals surface area contributed by atoms with E-state index < -0.39 is 0 Å². The Hall–Kier alpha value is -3.35. The maximum Gasteiger partial charge on any atom is 0.273 e. The van der Waals surface area contributed by atoms with Crippen molar-refractivity contribution in [3.8, 4) is 11.5 Å². The SMILES string of the molecule is COc1ccccc1OCCNC(=O)c1cn(Cc2ccccc2)nn1.